The average molecular weight is 571 g/mol. The molecule has 0 rings (SSSR count). The molecule has 0 saturated carbocycles. The molecule has 0 fully saturated rings. The van der Waals surface area contributed by atoms with Crippen LogP contribution >= 0.6 is 7.60 Å². The van der Waals surface area contributed by atoms with Crippen molar-refractivity contribution in [2.75, 3.05) is 12.4 Å². The number of sulfone groups is 1. The smallest absolute Gasteiger partial charge is 0.368 e. The van der Waals surface area contributed by atoms with Gasteiger partial charge in [0, 0.05) is 6.61 Å². The van der Waals surface area contributed by atoms with E-state index >= 15 is 0 Å². The standard InChI is InChI=1S/C27H55O8PS/c1-5-8-10-12-13-14-15-16-18-20-23-37(32,33)25(21-19-17-11-9-6-2)24(4)35-36(30,31)27(26(28)29)34-22-7-3/h24-25,27H,5-23H2,1-4H3,(H,28,29)(H,30,31). The number of aliphatic carboxylic acids is 1. The topological polar surface area (TPSA) is 127 Å². The van der Waals surface area contributed by atoms with E-state index in [9.17, 15) is 27.8 Å². The third-order valence-corrected chi connectivity index (χ3v) is 10.7. The Balaban J connectivity index is 5.05. The van der Waals surface area contributed by atoms with Crippen molar-refractivity contribution in [1.82, 2.24) is 0 Å². The van der Waals surface area contributed by atoms with E-state index < -0.39 is 40.6 Å². The van der Waals surface area contributed by atoms with Crippen molar-refractivity contribution in [3.8, 4) is 0 Å². The fourth-order valence-electron chi connectivity index (χ4n) is 4.49. The van der Waals surface area contributed by atoms with Crippen LogP contribution in [-0.2, 0) is 28.5 Å². The molecule has 4 atom stereocenters. The molecule has 2 N–H and O–H groups in total. The molecule has 10 heteroatoms. The summed E-state index contributed by atoms with van der Waals surface area (Å²) in [5.41, 5.74) is 0. The van der Waals surface area contributed by atoms with Crippen LogP contribution < -0.4 is 0 Å². The number of carboxylic acids is 1. The maximum Gasteiger partial charge on any atom is 0.368 e. The van der Waals surface area contributed by atoms with Gasteiger partial charge >= 0.3 is 13.6 Å². The van der Waals surface area contributed by atoms with Gasteiger partial charge in [-0.15, -0.1) is 0 Å². The molecule has 0 aliphatic rings. The first-order valence-electron chi connectivity index (χ1n) is 14.6. The zero-order valence-corrected chi connectivity index (χ0v) is 25.6. The molecule has 0 heterocycles. The number of ether oxygens (including phenoxy) is 1. The maximum absolute atomic E-state index is 13.3. The van der Waals surface area contributed by atoms with Crippen molar-refractivity contribution in [3.05, 3.63) is 0 Å². The van der Waals surface area contributed by atoms with Crippen LogP contribution in [0.5, 0.6) is 0 Å². The summed E-state index contributed by atoms with van der Waals surface area (Å²) in [6.45, 7) is 7.49. The van der Waals surface area contributed by atoms with E-state index in [1.54, 1.807) is 6.92 Å². The van der Waals surface area contributed by atoms with E-state index in [-0.39, 0.29) is 12.4 Å². The summed E-state index contributed by atoms with van der Waals surface area (Å²) in [6, 6.07) is 0. The second-order valence-corrected chi connectivity index (χ2v) is 14.4. The summed E-state index contributed by atoms with van der Waals surface area (Å²) in [7, 11) is -8.36. The number of rotatable bonds is 26. The Morgan fingerprint density at radius 2 is 1.24 bits per heavy atom. The largest absolute Gasteiger partial charge is 0.479 e. The molecule has 0 aliphatic carbocycles. The minimum absolute atomic E-state index is 0.00124. The SMILES string of the molecule is CCCCCCCCCCCCS(=O)(=O)C(CCCCCCC)C(C)OP(=O)(O)C(OCCC)C(=O)O. The van der Waals surface area contributed by atoms with Crippen LogP contribution in [0.15, 0.2) is 0 Å². The zero-order chi connectivity index (χ0) is 28.2. The van der Waals surface area contributed by atoms with E-state index in [2.05, 4.69) is 13.8 Å². The third-order valence-electron chi connectivity index (χ3n) is 6.66. The number of hydrogen-bond donors (Lipinski definition) is 2. The zero-order valence-electron chi connectivity index (χ0n) is 23.9. The van der Waals surface area contributed by atoms with Gasteiger partial charge in [-0.05, 0) is 26.2 Å². The van der Waals surface area contributed by atoms with Crippen LogP contribution in [0.1, 0.15) is 137 Å². The van der Waals surface area contributed by atoms with Gasteiger partial charge in [-0.25, -0.2) is 13.2 Å². The maximum atomic E-state index is 13.3. The van der Waals surface area contributed by atoms with Crippen molar-refractivity contribution in [2.24, 2.45) is 0 Å². The quantitative estimate of drug-likeness (QED) is 0.0809. The molecule has 0 aromatic heterocycles. The van der Waals surface area contributed by atoms with Gasteiger partial charge in [0.2, 0.25) is 0 Å². The van der Waals surface area contributed by atoms with E-state index in [0.29, 0.717) is 25.7 Å². The lowest BCUT2D eigenvalue weighted by Gasteiger charge is -2.28. The minimum Gasteiger partial charge on any atom is -0.479 e. The Morgan fingerprint density at radius 1 is 0.784 bits per heavy atom. The van der Waals surface area contributed by atoms with Crippen molar-refractivity contribution in [3.63, 3.8) is 0 Å². The van der Waals surface area contributed by atoms with E-state index in [1.807, 2.05) is 0 Å². The molecule has 37 heavy (non-hydrogen) atoms. The summed E-state index contributed by atoms with van der Waals surface area (Å²) in [5.74, 6) is -3.64. The van der Waals surface area contributed by atoms with Crippen LogP contribution in [0, 0.1) is 0 Å². The number of unbranched alkanes of at least 4 members (excludes halogenated alkanes) is 13. The van der Waals surface area contributed by atoms with Crippen LogP contribution in [0.25, 0.3) is 0 Å². The molecule has 4 unspecified atom stereocenters. The first-order valence-corrected chi connectivity index (χ1v) is 18.0. The molecular formula is C27H55O8PS. The lowest BCUT2D eigenvalue weighted by molar-refractivity contribution is -0.146. The highest BCUT2D eigenvalue weighted by Crippen LogP contribution is 2.50. The fraction of sp³-hybridized carbons (Fsp3) is 0.963. The number of carbonyl (C=O) groups is 1. The van der Waals surface area contributed by atoms with Gasteiger partial charge in [0.15, 0.2) is 9.84 Å². The molecule has 222 valence electrons. The number of carboxylic acid groups (broad SMARTS) is 1. The van der Waals surface area contributed by atoms with Gasteiger partial charge < -0.3 is 19.3 Å². The fourth-order valence-corrected chi connectivity index (χ4v) is 7.96. The summed E-state index contributed by atoms with van der Waals surface area (Å²) >= 11 is 0. The normalized spacial score (nSPS) is 16.2. The van der Waals surface area contributed by atoms with Gasteiger partial charge in [-0.3, -0.25) is 4.57 Å². The van der Waals surface area contributed by atoms with E-state index in [0.717, 1.165) is 44.9 Å². The third kappa shape index (κ3) is 17.0. The monoisotopic (exact) mass is 570 g/mol. The summed E-state index contributed by atoms with van der Waals surface area (Å²) in [5, 5.41) is 8.41. The van der Waals surface area contributed by atoms with Crippen molar-refractivity contribution < 1.29 is 37.0 Å². The predicted octanol–water partition coefficient (Wildman–Crippen LogP) is 7.48. The molecule has 0 saturated heterocycles. The lowest BCUT2D eigenvalue weighted by Crippen LogP contribution is -2.37. The molecule has 0 amide bonds. The Labute approximate surface area is 226 Å². The Kier molecular flexibility index (Phi) is 21.1. The van der Waals surface area contributed by atoms with Crippen LogP contribution in [0.3, 0.4) is 0 Å². The van der Waals surface area contributed by atoms with Crippen molar-refractivity contribution in [2.45, 2.75) is 154 Å². The van der Waals surface area contributed by atoms with Gasteiger partial charge in [0.05, 0.1) is 17.1 Å². The minimum atomic E-state index is -4.76. The Hall–Kier alpha value is -0.470. The van der Waals surface area contributed by atoms with E-state index in [1.165, 1.54) is 45.4 Å². The number of hydrogen-bond acceptors (Lipinski definition) is 6. The van der Waals surface area contributed by atoms with Gasteiger partial charge in [-0.2, -0.15) is 0 Å². The Morgan fingerprint density at radius 3 is 1.70 bits per heavy atom. The van der Waals surface area contributed by atoms with Gasteiger partial charge in [-0.1, -0.05) is 111 Å². The van der Waals surface area contributed by atoms with Crippen LogP contribution in [0.4, 0.5) is 0 Å². The molecule has 8 nitrogen and oxygen atoms in total. The highest BCUT2D eigenvalue weighted by molar-refractivity contribution is 7.92. The molecule has 0 radical (unpaired) electrons. The van der Waals surface area contributed by atoms with Crippen LogP contribution in [0.2, 0.25) is 0 Å². The first-order chi connectivity index (χ1) is 17.5. The Bertz CT molecular complexity index is 728. The van der Waals surface area contributed by atoms with Crippen LogP contribution in [-0.4, -0.2) is 53.9 Å². The molecular weight excluding hydrogens is 515 g/mol. The van der Waals surface area contributed by atoms with E-state index in [4.69, 9.17) is 9.26 Å². The summed E-state index contributed by atoms with van der Waals surface area (Å²) in [6.07, 6.45) is 15.3. The van der Waals surface area contributed by atoms with Gasteiger partial charge in [0.1, 0.15) is 0 Å². The first kappa shape index (κ1) is 36.5. The molecule has 0 bridgehead atoms. The predicted molar refractivity (Wildman–Crippen MR) is 151 cm³/mol. The average Bonchev–Trinajstić information content (AvgIpc) is 2.81. The van der Waals surface area contributed by atoms with Crippen molar-refractivity contribution in [1.29, 1.82) is 0 Å². The van der Waals surface area contributed by atoms with Crippen molar-refractivity contribution >= 4 is 23.4 Å². The second-order valence-electron chi connectivity index (χ2n) is 10.2. The molecule has 0 spiro atoms. The molecule has 0 aromatic carbocycles. The second kappa shape index (κ2) is 21.4. The molecule has 0 aromatic rings. The highest BCUT2D eigenvalue weighted by Gasteiger charge is 2.44. The highest BCUT2D eigenvalue weighted by atomic mass is 32.2. The summed E-state index contributed by atoms with van der Waals surface area (Å²) in [4.78, 5) is 21.9. The lowest BCUT2D eigenvalue weighted by atomic mass is 10.1. The van der Waals surface area contributed by atoms with Gasteiger partial charge in [0.25, 0.3) is 5.85 Å². The summed E-state index contributed by atoms with van der Waals surface area (Å²) < 4.78 is 49.7. The molecule has 0 aliphatic heterocycles.